The Kier molecular flexibility index (Phi) is 13.7. The van der Waals surface area contributed by atoms with Gasteiger partial charge in [-0.05, 0) is 164 Å². The third-order valence-electron chi connectivity index (χ3n) is 13.8. The van der Waals surface area contributed by atoms with E-state index in [1.807, 2.05) is 18.3 Å². The van der Waals surface area contributed by atoms with Crippen LogP contribution in [0.25, 0.3) is 88.8 Å². The molecule has 3 heteroatoms. The van der Waals surface area contributed by atoms with Crippen LogP contribution in [-0.2, 0) is 41.8 Å². The van der Waals surface area contributed by atoms with Crippen LogP contribution in [0.3, 0.4) is 0 Å². The molecule has 0 saturated carbocycles. The van der Waals surface area contributed by atoms with Crippen LogP contribution in [0.1, 0.15) is 105 Å². The molecule has 9 aromatic rings. The van der Waals surface area contributed by atoms with Gasteiger partial charge in [-0.2, -0.15) is 0 Å². The van der Waals surface area contributed by atoms with Gasteiger partial charge in [0.25, 0.3) is 0 Å². The summed E-state index contributed by atoms with van der Waals surface area (Å²) in [7, 11) is 0. The van der Waals surface area contributed by atoms with Gasteiger partial charge in [0.05, 0.1) is 0 Å². The molecular formula is C67H65FIrN-. The standard InChI is InChI=1S/C67H65FN.Ir/c1-64(2,3)53-27-19-43(20-28-53)47-37-48(44-21-29-54(30-22-44)65(4,5)6)40-51(39-47)57-15-13-17-60-59(57)35-36-69-63(60)61-18-14-16-58(62(61)68)52-41-49(45-23-31-55(32-24-45)66(7,8)9)38-50(42-52)46-25-33-56(34-26-46)67(10,11)12;/h13-17,19-42H,1-12H3;/q-1;. The zero-order chi connectivity index (χ0) is 49.0. The van der Waals surface area contributed by atoms with Crippen LogP contribution in [-0.4, -0.2) is 4.98 Å². The van der Waals surface area contributed by atoms with E-state index in [1.54, 1.807) is 0 Å². The Balaban J connectivity index is 0.00000659. The van der Waals surface area contributed by atoms with Gasteiger partial charge in [-0.1, -0.05) is 209 Å². The molecule has 0 aliphatic heterocycles. The van der Waals surface area contributed by atoms with Crippen molar-refractivity contribution < 1.29 is 24.5 Å². The number of nitrogens with zero attached hydrogens (tertiary/aromatic N) is 1. The number of hydrogen-bond acceptors (Lipinski definition) is 1. The van der Waals surface area contributed by atoms with E-state index in [9.17, 15) is 0 Å². The first-order chi connectivity index (χ1) is 32.6. The molecule has 70 heavy (non-hydrogen) atoms. The molecule has 1 aromatic heterocycles. The number of hydrogen-bond donors (Lipinski definition) is 0. The monoisotopic (exact) mass is 1100 g/mol. The van der Waals surface area contributed by atoms with E-state index in [1.165, 1.54) is 22.3 Å². The SMILES string of the molecule is CC(C)(C)c1ccc(-c2cc(-c3ccc(C(C)(C)C)cc3)cc(-c3cc[c-]c(-c4nccc5c(-c6cc(-c7ccc(C(C)(C)C)cc7)cc(-c7ccc(C(C)(C)C)cc7)c6)cccc45)c3F)c2)cc1.[Ir]. The van der Waals surface area contributed by atoms with Gasteiger partial charge in [0.2, 0.25) is 0 Å². The van der Waals surface area contributed by atoms with Crippen LogP contribution in [0.15, 0.2) is 176 Å². The molecule has 0 spiro atoms. The fourth-order valence-corrected chi connectivity index (χ4v) is 9.42. The summed E-state index contributed by atoms with van der Waals surface area (Å²) in [6, 6.07) is 64.3. The molecule has 0 saturated heterocycles. The summed E-state index contributed by atoms with van der Waals surface area (Å²) >= 11 is 0. The summed E-state index contributed by atoms with van der Waals surface area (Å²) < 4.78 is 17.6. The van der Waals surface area contributed by atoms with E-state index in [0.717, 1.165) is 72.0 Å². The molecule has 355 valence electrons. The summed E-state index contributed by atoms with van der Waals surface area (Å²) in [6.07, 6.45) is 1.81. The van der Waals surface area contributed by atoms with Crippen molar-refractivity contribution in [2.24, 2.45) is 0 Å². The molecule has 8 aromatic carbocycles. The van der Waals surface area contributed by atoms with Crippen molar-refractivity contribution in [2.45, 2.75) is 105 Å². The minimum atomic E-state index is -0.348. The first-order valence-corrected chi connectivity index (χ1v) is 24.4. The van der Waals surface area contributed by atoms with E-state index in [0.29, 0.717) is 16.8 Å². The van der Waals surface area contributed by atoms with Gasteiger partial charge in [0.1, 0.15) is 0 Å². The summed E-state index contributed by atoms with van der Waals surface area (Å²) in [5.41, 5.74) is 18.5. The molecule has 9 rings (SSSR count). The van der Waals surface area contributed by atoms with Crippen LogP contribution in [0.2, 0.25) is 0 Å². The van der Waals surface area contributed by atoms with Crippen molar-refractivity contribution in [2.75, 3.05) is 0 Å². The molecule has 0 amide bonds. The van der Waals surface area contributed by atoms with Crippen LogP contribution in [0.5, 0.6) is 0 Å². The second kappa shape index (κ2) is 19.2. The molecule has 0 N–H and O–H groups in total. The molecule has 0 aliphatic carbocycles. The summed E-state index contributed by atoms with van der Waals surface area (Å²) in [5.74, 6) is -0.348. The van der Waals surface area contributed by atoms with Gasteiger partial charge in [0, 0.05) is 32.1 Å². The average Bonchev–Trinajstić information content (AvgIpc) is 3.32. The van der Waals surface area contributed by atoms with Crippen molar-refractivity contribution in [3.8, 4) is 78.0 Å². The fourth-order valence-electron chi connectivity index (χ4n) is 9.42. The number of halogens is 1. The van der Waals surface area contributed by atoms with Gasteiger partial charge < -0.3 is 4.98 Å². The number of rotatable bonds is 7. The minimum Gasteiger partial charge on any atom is -0.304 e. The molecule has 1 radical (unpaired) electrons. The van der Waals surface area contributed by atoms with Gasteiger partial charge in [-0.15, -0.1) is 18.2 Å². The van der Waals surface area contributed by atoms with Crippen molar-refractivity contribution >= 4 is 10.8 Å². The van der Waals surface area contributed by atoms with Crippen molar-refractivity contribution in [3.05, 3.63) is 210 Å². The summed E-state index contributed by atoms with van der Waals surface area (Å²) in [5, 5.41) is 1.86. The third kappa shape index (κ3) is 10.4. The Bertz CT molecular complexity index is 3160. The first-order valence-electron chi connectivity index (χ1n) is 24.4. The predicted octanol–water partition coefficient (Wildman–Crippen LogP) is 19.0. The van der Waals surface area contributed by atoms with E-state index in [4.69, 9.17) is 4.98 Å². The maximum absolute atomic E-state index is 17.6. The first kappa shape index (κ1) is 50.1. The Morgan fingerprint density at radius 1 is 0.357 bits per heavy atom. The second-order valence-electron chi connectivity index (χ2n) is 23.0. The third-order valence-corrected chi connectivity index (χ3v) is 13.8. The van der Waals surface area contributed by atoms with E-state index >= 15 is 4.39 Å². The largest absolute Gasteiger partial charge is 0.304 e. The fraction of sp³-hybridized carbons (Fsp3) is 0.239. The normalized spacial score (nSPS) is 12.2. The van der Waals surface area contributed by atoms with Crippen molar-refractivity contribution in [3.63, 3.8) is 0 Å². The van der Waals surface area contributed by atoms with E-state index in [2.05, 4.69) is 247 Å². The summed E-state index contributed by atoms with van der Waals surface area (Å²) in [6.45, 7) is 26.9. The quantitative estimate of drug-likeness (QED) is 0.145. The second-order valence-corrected chi connectivity index (χ2v) is 23.0. The number of aromatic nitrogens is 1. The molecular weight excluding hydrogens is 1030 g/mol. The van der Waals surface area contributed by atoms with Gasteiger partial charge >= 0.3 is 0 Å². The van der Waals surface area contributed by atoms with Crippen LogP contribution in [0.4, 0.5) is 4.39 Å². The predicted molar refractivity (Wildman–Crippen MR) is 293 cm³/mol. The Labute approximate surface area is 430 Å². The smallest absolute Gasteiger partial charge is 0.0458 e. The van der Waals surface area contributed by atoms with E-state index in [-0.39, 0.29) is 47.6 Å². The van der Waals surface area contributed by atoms with Gasteiger partial charge in [0.15, 0.2) is 0 Å². The van der Waals surface area contributed by atoms with Crippen LogP contribution < -0.4 is 0 Å². The van der Waals surface area contributed by atoms with Crippen LogP contribution >= 0.6 is 0 Å². The molecule has 0 unspecified atom stereocenters. The van der Waals surface area contributed by atoms with Crippen molar-refractivity contribution in [1.29, 1.82) is 0 Å². The zero-order valence-electron chi connectivity index (χ0n) is 42.9. The molecule has 1 heterocycles. The average molecular weight is 1100 g/mol. The maximum Gasteiger partial charge on any atom is 0.0458 e. The Morgan fingerprint density at radius 2 is 0.700 bits per heavy atom. The maximum atomic E-state index is 17.6. The molecule has 0 aliphatic rings. The molecule has 1 nitrogen and oxygen atoms in total. The van der Waals surface area contributed by atoms with Crippen molar-refractivity contribution in [1.82, 2.24) is 4.98 Å². The Morgan fingerprint density at radius 3 is 1.06 bits per heavy atom. The number of pyridine rings is 1. The summed E-state index contributed by atoms with van der Waals surface area (Å²) in [4.78, 5) is 4.91. The molecule has 0 bridgehead atoms. The Hall–Kier alpha value is -6.25. The molecule has 0 atom stereocenters. The number of benzene rings is 8. The zero-order valence-corrected chi connectivity index (χ0v) is 45.3. The van der Waals surface area contributed by atoms with E-state index < -0.39 is 0 Å². The minimum absolute atomic E-state index is 0. The van der Waals surface area contributed by atoms with Crippen LogP contribution in [0, 0.1) is 11.9 Å². The molecule has 0 fully saturated rings. The topological polar surface area (TPSA) is 12.9 Å². The van der Waals surface area contributed by atoms with Gasteiger partial charge in [-0.3, -0.25) is 4.39 Å². The van der Waals surface area contributed by atoms with Gasteiger partial charge in [-0.25, -0.2) is 0 Å². The number of fused-ring (bicyclic) bond motifs is 1.